The molecule has 0 saturated heterocycles. The van der Waals surface area contributed by atoms with Gasteiger partial charge in [0.1, 0.15) is 0 Å². The molecule has 0 unspecified atom stereocenters. The fourth-order valence-electron chi connectivity index (χ4n) is 2.15. The molecule has 106 valence electrons. The summed E-state index contributed by atoms with van der Waals surface area (Å²) >= 11 is 0. The number of ether oxygens (including phenoxy) is 1. The Labute approximate surface area is 113 Å². The van der Waals surface area contributed by atoms with Gasteiger partial charge >= 0.3 is 0 Å². The third-order valence-electron chi connectivity index (χ3n) is 3.19. The quantitative estimate of drug-likeness (QED) is 0.912. The highest BCUT2D eigenvalue weighted by Crippen LogP contribution is 2.41. The van der Waals surface area contributed by atoms with Crippen molar-refractivity contribution in [3.63, 3.8) is 0 Å². The number of amides is 1. The number of nitrogens with two attached hydrogens (primary N) is 1. The normalized spacial score (nSPS) is 14.9. The topological polar surface area (TPSA) is 70.1 Å². The highest BCUT2D eigenvalue weighted by molar-refractivity contribution is 5.96. The van der Waals surface area contributed by atoms with Gasteiger partial charge in [0.2, 0.25) is 5.91 Å². The van der Waals surface area contributed by atoms with Crippen LogP contribution in [0.3, 0.4) is 0 Å². The third-order valence-corrected chi connectivity index (χ3v) is 3.19. The lowest BCUT2D eigenvalue weighted by molar-refractivity contribution is 0.0752. The number of rotatable bonds is 5. The summed E-state index contributed by atoms with van der Waals surface area (Å²) in [6, 6.07) is 5.26. The van der Waals surface area contributed by atoms with Crippen LogP contribution in [0.15, 0.2) is 18.2 Å². The van der Waals surface area contributed by atoms with Crippen LogP contribution in [-0.2, 0) is 0 Å². The zero-order valence-corrected chi connectivity index (χ0v) is 10.6. The minimum absolute atomic E-state index is 0.171. The van der Waals surface area contributed by atoms with Crippen molar-refractivity contribution < 1.29 is 18.3 Å². The number of hydrogen-bond acceptors (Lipinski definition) is 3. The minimum atomic E-state index is -2.55. The molecule has 0 atom stereocenters. The van der Waals surface area contributed by atoms with Gasteiger partial charge in [-0.2, -0.15) is 4.98 Å². The fraction of sp³-hybridized carbons (Fsp3) is 0.385. The van der Waals surface area contributed by atoms with Crippen LogP contribution in [0, 0.1) is 0 Å². The predicted octanol–water partition coefficient (Wildman–Crippen LogP) is 2.11. The largest absolute Gasteiger partial charge is 0.459 e. The summed E-state index contributed by atoms with van der Waals surface area (Å²) in [5.41, 5.74) is 6.84. The second kappa shape index (κ2) is 4.73. The number of hydrogen-bond donors (Lipinski definition) is 1. The molecule has 7 heteroatoms. The summed E-state index contributed by atoms with van der Waals surface area (Å²) < 4.78 is 31.4. The summed E-state index contributed by atoms with van der Waals surface area (Å²) in [5, 5.41) is 0. The maximum absolute atomic E-state index is 12.3. The molecule has 0 spiro atoms. The van der Waals surface area contributed by atoms with Gasteiger partial charge in [0.05, 0.1) is 11.0 Å². The van der Waals surface area contributed by atoms with Crippen LogP contribution in [0.2, 0.25) is 0 Å². The zero-order valence-electron chi connectivity index (χ0n) is 10.6. The van der Waals surface area contributed by atoms with E-state index in [4.69, 9.17) is 10.5 Å². The van der Waals surface area contributed by atoms with E-state index >= 15 is 0 Å². The number of fused-ring (bicyclic) bond motifs is 1. The van der Waals surface area contributed by atoms with Gasteiger partial charge in [-0.25, -0.2) is 8.78 Å². The number of alkyl halides is 2. The highest BCUT2D eigenvalue weighted by atomic mass is 19.3. The summed E-state index contributed by atoms with van der Waals surface area (Å²) in [6.07, 6.45) is -0.620. The Kier molecular flexibility index (Phi) is 3.04. The molecule has 1 heterocycles. The molecule has 5 nitrogen and oxygen atoms in total. The molecule has 1 aliphatic carbocycles. The molecule has 0 aliphatic heterocycles. The number of halogens is 2. The first-order chi connectivity index (χ1) is 9.56. The van der Waals surface area contributed by atoms with E-state index in [1.165, 1.54) is 0 Å². The molecule has 1 fully saturated rings. The number of aromatic nitrogens is 2. The molecular weight excluding hydrogens is 268 g/mol. The highest BCUT2D eigenvalue weighted by Gasteiger charge is 2.29. The molecule has 1 saturated carbocycles. The van der Waals surface area contributed by atoms with E-state index in [-0.39, 0.29) is 12.1 Å². The summed E-state index contributed by atoms with van der Waals surface area (Å²) in [7, 11) is 0. The summed E-state index contributed by atoms with van der Waals surface area (Å²) in [5.74, 6) is -0.553. The molecule has 2 N–H and O–H groups in total. The molecule has 0 bridgehead atoms. The molecule has 1 aliphatic rings. The first kappa shape index (κ1) is 12.8. The number of primary amides is 1. The molecular formula is C13H13F2N3O2. The fourth-order valence-corrected chi connectivity index (χ4v) is 2.15. The van der Waals surface area contributed by atoms with Crippen molar-refractivity contribution in [2.24, 2.45) is 5.73 Å². The van der Waals surface area contributed by atoms with Crippen molar-refractivity contribution in [1.82, 2.24) is 9.55 Å². The van der Waals surface area contributed by atoms with E-state index in [1.54, 1.807) is 18.2 Å². The third kappa shape index (κ3) is 2.31. The van der Waals surface area contributed by atoms with Crippen LogP contribution in [0.4, 0.5) is 8.78 Å². The first-order valence-corrected chi connectivity index (χ1v) is 6.29. The van der Waals surface area contributed by atoms with Crippen molar-refractivity contribution in [2.75, 3.05) is 6.61 Å². The number of carbonyl (C=O) groups is 1. The second-order valence-corrected chi connectivity index (χ2v) is 4.77. The predicted molar refractivity (Wildman–Crippen MR) is 68.0 cm³/mol. The number of benzene rings is 1. The van der Waals surface area contributed by atoms with Gasteiger partial charge in [0, 0.05) is 11.6 Å². The smallest absolute Gasteiger partial charge is 0.297 e. The lowest BCUT2D eigenvalue weighted by Crippen LogP contribution is -2.11. The first-order valence-electron chi connectivity index (χ1n) is 6.29. The van der Waals surface area contributed by atoms with Gasteiger partial charge in [-0.15, -0.1) is 0 Å². The maximum atomic E-state index is 12.3. The average Bonchev–Trinajstić information content (AvgIpc) is 3.16. The van der Waals surface area contributed by atoms with Crippen molar-refractivity contribution in [1.29, 1.82) is 0 Å². The van der Waals surface area contributed by atoms with Crippen molar-refractivity contribution in [2.45, 2.75) is 25.3 Å². The Morgan fingerprint density at radius 3 is 2.85 bits per heavy atom. The van der Waals surface area contributed by atoms with Crippen LogP contribution >= 0.6 is 0 Å². The van der Waals surface area contributed by atoms with E-state index in [0.29, 0.717) is 11.1 Å². The molecule has 2 aromatic rings. The summed E-state index contributed by atoms with van der Waals surface area (Å²) in [6.45, 7) is -0.696. The lowest BCUT2D eigenvalue weighted by Gasteiger charge is -2.08. The van der Waals surface area contributed by atoms with E-state index in [0.717, 1.165) is 18.4 Å². The Balaban J connectivity index is 2.04. The van der Waals surface area contributed by atoms with E-state index in [2.05, 4.69) is 4.98 Å². The Morgan fingerprint density at radius 1 is 1.50 bits per heavy atom. The van der Waals surface area contributed by atoms with Crippen LogP contribution in [0.1, 0.15) is 29.2 Å². The standard InChI is InChI=1S/C13H13F2N3O2/c14-11(15)6-20-13-17-9-5-7(12(16)19)1-4-10(9)18(13)8-2-3-8/h1,4-5,8,11H,2-3,6H2,(H2,16,19). The second-order valence-electron chi connectivity index (χ2n) is 4.77. The van der Waals surface area contributed by atoms with Gasteiger partial charge in [-0.05, 0) is 31.0 Å². The van der Waals surface area contributed by atoms with E-state index < -0.39 is 18.9 Å². The molecule has 3 rings (SSSR count). The number of carbonyl (C=O) groups excluding carboxylic acids is 1. The average molecular weight is 281 g/mol. The zero-order chi connectivity index (χ0) is 14.3. The van der Waals surface area contributed by atoms with Crippen LogP contribution < -0.4 is 10.5 Å². The number of nitrogens with zero attached hydrogens (tertiary/aromatic N) is 2. The van der Waals surface area contributed by atoms with Crippen LogP contribution in [0.5, 0.6) is 6.01 Å². The molecule has 1 amide bonds. The maximum Gasteiger partial charge on any atom is 0.297 e. The van der Waals surface area contributed by atoms with Crippen molar-refractivity contribution in [3.8, 4) is 6.01 Å². The molecule has 0 radical (unpaired) electrons. The molecule has 1 aromatic carbocycles. The molecule has 20 heavy (non-hydrogen) atoms. The Morgan fingerprint density at radius 2 is 2.25 bits per heavy atom. The van der Waals surface area contributed by atoms with Crippen molar-refractivity contribution >= 4 is 16.9 Å². The van der Waals surface area contributed by atoms with E-state index in [9.17, 15) is 13.6 Å². The van der Waals surface area contributed by atoms with Gasteiger partial charge in [-0.3, -0.25) is 9.36 Å². The Bertz CT molecular complexity index is 665. The number of imidazole rings is 1. The lowest BCUT2D eigenvalue weighted by atomic mass is 10.2. The SMILES string of the molecule is NC(=O)c1ccc2c(c1)nc(OCC(F)F)n2C1CC1. The van der Waals surface area contributed by atoms with Gasteiger partial charge in [0.15, 0.2) is 6.61 Å². The van der Waals surface area contributed by atoms with Gasteiger partial charge < -0.3 is 10.5 Å². The van der Waals surface area contributed by atoms with Crippen LogP contribution in [0.25, 0.3) is 11.0 Å². The van der Waals surface area contributed by atoms with E-state index in [1.807, 2.05) is 4.57 Å². The Hall–Kier alpha value is -2.18. The van der Waals surface area contributed by atoms with Gasteiger partial charge in [-0.1, -0.05) is 0 Å². The summed E-state index contributed by atoms with van der Waals surface area (Å²) in [4.78, 5) is 15.3. The van der Waals surface area contributed by atoms with Gasteiger partial charge in [0.25, 0.3) is 12.4 Å². The van der Waals surface area contributed by atoms with Crippen molar-refractivity contribution in [3.05, 3.63) is 23.8 Å². The minimum Gasteiger partial charge on any atom is -0.459 e. The molecule has 1 aromatic heterocycles. The monoisotopic (exact) mass is 281 g/mol. The van der Waals surface area contributed by atoms with Crippen LogP contribution in [-0.4, -0.2) is 28.5 Å².